The lowest BCUT2D eigenvalue weighted by atomic mass is 10.0. The van der Waals surface area contributed by atoms with Gasteiger partial charge in [-0.2, -0.15) is 5.10 Å². The monoisotopic (exact) mass is 281 g/mol. The quantitative estimate of drug-likeness (QED) is 0.773. The Morgan fingerprint density at radius 1 is 1.14 bits per heavy atom. The van der Waals surface area contributed by atoms with Crippen molar-refractivity contribution in [3.63, 3.8) is 0 Å². The first-order valence-electron chi connectivity index (χ1n) is 7.04. The van der Waals surface area contributed by atoms with Gasteiger partial charge < -0.3 is 10.4 Å². The van der Waals surface area contributed by atoms with E-state index in [9.17, 15) is 5.11 Å². The first-order chi connectivity index (χ1) is 10.2. The molecule has 1 aromatic heterocycles. The lowest BCUT2D eigenvalue weighted by Gasteiger charge is -2.10. The Hall–Kier alpha value is -2.33. The summed E-state index contributed by atoms with van der Waals surface area (Å²) in [5.74, 6) is 0.337. The standard InChI is InChI=1S/C17H19N3O/c1-12-14(10-19-20(12)2)9-18-11-16-15-6-4-3-5-13(15)7-8-17(16)21/h3-8,10,18,21H,9,11H2,1-2H3. The van der Waals surface area contributed by atoms with Crippen LogP contribution in [0.4, 0.5) is 0 Å². The van der Waals surface area contributed by atoms with E-state index in [4.69, 9.17) is 0 Å². The molecule has 0 saturated carbocycles. The number of phenols is 1. The maximum Gasteiger partial charge on any atom is 0.120 e. The fourth-order valence-corrected chi connectivity index (χ4v) is 2.55. The van der Waals surface area contributed by atoms with Crippen molar-refractivity contribution in [3.8, 4) is 5.75 Å². The molecular weight excluding hydrogens is 262 g/mol. The van der Waals surface area contributed by atoms with Gasteiger partial charge in [-0.25, -0.2) is 0 Å². The number of benzene rings is 2. The van der Waals surface area contributed by atoms with Crippen molar-refractivity contribution in [1.82, 2.24) is 15.1 Å². The van der Waals surface area contributed by atoms with Crippen LogP contribution in [0.2, 0.25) is 0 Å². The lowest BCUT2D eigenvalue weighted by molar-refractivity contribution is 0.466. The SMILES string of the molecule is Cc1c(CNCc2c(O)ccc3ccccc23)cnn1C. The molecule has 2 N–H and O–H groups in total. The van der Waals surface area contributed by atoms with Gasteiger partial charge in [0.1, 0.15) is 5.75 Å². The molecule has 0 saturated heterocycles. The van der Waals surface area contributed by atoms with Crippen LogP contribution in [0, 0.1) is 6.92 Å². The summed E-state index contributed by atoms with van der Waals surface area (Å²) in [5.41, 5.74) is 3.27. The highest BCUT2D eigenvalue weighted by Crippen LogP contribution is 2.26. The van der Waals surface area contributed by atoms with E-state index in [-0.39, 0.29) is 0 Å². The van der Waals surface area contributed by atoms with Crippen LogP contribution in [0.5, 0.6) is 5.75 Å². The highest BCUT2D eigenvalue weighted by Gasteiger charge is 2.07. The van der Waals surface area contributed by atoms with E-state index in [0.29, 0.717) is 12.3 Å². The van der Waals surface area contributed by atoms with Crippen LogP contribution in [0.15, 0.2) is 42.6 Å². The van der Waals surface area contributed by atoms with Gasteiger partial charge in [-0.1, -0.05) is 30.3 Å². The molecule has 4 heteroatoms. The summed E-state index contributed by atoms with van der Waals surface area (Å²) in [6.07, 6.45) is 1.88. The summed E-state index contributed by atoms with van der Waals surface area (Å²) < 4.78 is 1.87. The van der Waals surface area contributed by atoms with Crippen molar-refractivity contribution in [3.05, 3.63) is 59.4 Å². The van der Waals surface area contributed by atoms with Gasteiger partial charge in [-0.3, -0.25) is 4.68 Å². The Morgan fingerprint density at radius 2 is 1.95 bits per heavy atom. The lowest BCUT2D eigenvalue weighted by Crippen LogP contribution is -2.13. The van der Waals surface area contributed by atoms with Crippen LogP contribution < -0.4 is 5.32 Å². The number of hydrogen-bond acceptors (Lipinski definition) is 3. The Kier molecular flexibility index (Phi) is 3.62. The van der Waals surface area contributed by atoms with Gasteiger partial charge in [-0.15, -0.1) is 0 Å². The predicted octanol–water partition coefficient (Wildman–Crippen LogP) is 2.88. The first-order valence-corrected chi connectivity index (χ1v) is 7.04. The maximum atomic E-state index is 10.1. The van der Waals surface area contributed by atoms with E-state index in [1.54, 1.807) is 6.07 Å². The molecule has 0 fully saturated rings. The second-order valence-corrected chi connectivity index (χ2v) is 5.27. The fraction of sp³-hybridized carbons (Fsp3) is 0.235. The number of fused-ring (bicyclic) bond motifs is 1. The molecule has 0 bridgehead atoms. The van der Waals surface area contributed by atoms with Crippen LogP contribution in [0.1, 0.15) is 16.8 Å². The molecule has 108 valence electrons. The average molecular weight is 281 g/mol. The van der Waals surface area contributed by atoms with E-state index >= 15 is 0 Å². The zero-order chi connectivity index (χ0) is 14.8. The van der Waals surface area contributed by atoms with Crippen LogP contribution in [-0.4, -0.2) is 14.9 Å². The number of rotatable bonds is 4. The Balaban J connectivity index is 1.79. The van der Waals surface area contributed by atoms with Crippen molar-refractivity contribution >= 4 is 10.8 Å². The molecule has 4 nitrogen and oxygen atoms in total. The van der Waals surface area contributed by atoms with Crippen molar-refractivity contribution < 1.29 is 5.11 Å². The van der Waals surface area contributed by atoms with Gasteiger partial charge in [0.2, 0.25) is 0 Å². The molecule has 3 rings (SSSR count). The first kappa shape index (κ1) is 13.6. The van der Waals surface area contributed by atoms with E-state index < -0.39 is 0 Å². The maximum absolute atomic E-state index is 10.1. The highest BCUT2D eigenvalue weighted by atomic mass is 16.3. The van der Waals surface area contributed by atoms with E-state index in [0.717, 1.165) is 28.6 Å². The average Bonchev–Trinajstić information content (AvgIpc) is 2.81. The molecule has 0 atom stereocenters. The molecule has 0 radical (unpaired) electrons. The van der Waals surface area contributed by atoms with E-state index in [1.807, 2.05) is 42.2 Å². The van der Waals surface area contributed by atoms with Gasteiger partial charge in [0.15, 0.2) is 0 Å². The van der Waals surface area contributed by atoms with Crippen molar-refractivity contribution in [1.29, 1.82) is 0 Å². The van der Waals surface area contributed by atoms with Crippen molar-refractivity contribution in [2.75, 3.05) is 0 Å². The molecule has 0 aliphatic rings. The van der Waals surface area contributed by atoms with Crippen molar-refractivity contribution in [2.24, 2.45) is 7.05 Å². The summed E-state index contributed by atoms with van der Waals surface area (Å²) in [4.78, 5) is 0. The van der Waals surface area contributed by atoms with Gasteiger partial charge in [-0.05, 0) is 23.8 Å². The number of hydrogen-bond donors (Lipinski definition) is 2. The third-order valence-corrected chi connectivity index (χ3v) is 3.97. The minimum atomic E-state index is 0.337. The van der Waals surface area contributed by atoms with E-state index in [2.05, 4.69) is 23.4 Å². The smallest absolute Gasteiger partial charge is 0.120 e. The number of phenolic OH excluding ortho intramolecular Hbond substituents is 1. The Bertz CT molecular complexity index is 777. The number of aromatic hydroxyl groups is 1. The van der Waals surface area contributed by atoms with Crippen molar-refractivity contribution in [2.45, 2.75) is 20.0 Å². The molecular formula is C17H19N3O. The summed E-state index contributed by atoms with van der Waals surface area (Å²) >= 11 is 0. The van der Waals surface area contributed by atoms with Gasteiger partial charge in [0.25, 0.3) is 0 Å². The van der Waals surface area contributed by atoms with Crippen LogP contribution in [0.25, 0.3) is 10.8 Å². The minimum absolute atomic E-state index is 0.337. The Labute approximate surface area is 124 Å². The summed E-state index contributed by atoms with van der Waals surface area (Å²) in [5, 5.41) is 20.0. The number of aromatic nitrogens is 2. The highest BCUT2D eigenvalue weighted by molar-refractivity contribution is 5.87. The number of nitrogens with zero attached hydrogens (tertiary/aromatic N) is 2. The van der Waals surface area contributed by atoms with Crippen LogP contribution in [0.3, 0.4) is 0 Å². The van der Waals surface area contributed by atoms with Crippen LogP contribution in [-0.2, 0) is 20.1 Å². The second kappa shape index (κ2) is 5.58. The third kappa shape index (κ3) is 2.62. The molecule has 0 aliphatic carbocycles. The minimum Gasteiger partial charge on any atom is -0.508 e. The molecule has 2 aromatic carbocycles. The molecule has 3 aromatic rings. The summed E-state index contributed by atoms with van der Waals surface area (Å²) in [6.45, 7) is 3.42. The molecule has 21 heavy (non-hydrogen) atoms. The molecule has 0 aliphatic heterocycles. The molecule has 0 spiro atoms. The fourth-order valence-electron chi connectivity index (χ4n) is 2.55. The zero-order valence-corrected chi connectivity index (χ0v) is 12.3. The number of nitrogens with one attached hydrogen (secondary N) is 1. The van der Waals surface area contributed by atoms with Gasteiger partial charge >= 0.3 is 0 Å². The molecule has 0 unspecified atom stereocenters. The Morgan fingerprint density at radius 3 is 2.71 bits per heavy atom. The number of aryl methyl sites for hydroxylation is 1. The predicted molar refractivity (Wildman–Crippen MR) is 84.1 cm³/mol. The van der Waals surface area contributed by atoms with E-state index in [1.165, 1.54) is 5.56 Å². The topological polar surface area (TPSA) is 50.1 Å². The van der Waals surface area contributed by atoms with Crippen LogP contribution >= 0.6 is 0 Å². The zero-order valence-electron chi connectivity index (χ0n) is 12.3. The van der Waals surface area contributed by atoms with Gasteiger partial charge in [0.05, 0.1) is 6.20 Å². The molecule has 1 heterocycles. The van der Waals surface area contributed by atoms with Gasteiger partial charge in [0, 0.05) is 37.0 Å². The third-order valence-electron chi connectivity index (χ3n) is 3.97. The largest absolute Gasteiger partial charge is 0.508 e. The molecule has 0 amide bonds. The summed E-state index contributed by atoms with van der Waals surface area (Å²) in [6, 6.07) is 11.8. The second-order valence-electron chi connectivity index (χ2n) is 5.27. The normalized spacial score (nSPS) is 11.1. The summed E-state index contributed by atoms with van der Waals surface area (Å²) in [7, 11) is 1.94.